The zero-order valence-corrected chi connectivity index (χ0v) is 16.6. The van der Waals surface area contributed by atoms with E-state index in [1.165, 1.54) is 16.8 Å². The number of benzene rings is 2. The van der Waals surface area contributed by atoms with Crippen LogP contribution in [0.4, 0.5) is 5.95 Å². The first kappa shape index (κ1) is 17.5. The minimum atomic E-state index is 0.0277. The standard InChI is InChI=1S/C22H18Cl2N4/c23-17-8-4-14(5-9-17)12-16-2-1-3-19-20(16)27-22-25-13-26-28(22)21(19)15-6-10-18(24)11-7-15/h4-13,21H,1-3H2,(H,25,26,27)/b16-12+/t21-/m0/s1. The molecule has 140 valence electrons. The van der Waals surface area contributed by atoms with Crippen molar-refractivity contribution < 1.29 is 0 Å². The summed E-state index contributed by atoms with van der Waals surface area (Å²) in [6.07, 6.45) is 6.99. The molecule has 28 heavy (non-hydrogen) atoms. The minimum Gasteiger partial charge on any atom is -0.324 e. The van der Waals surface area contributed by atoms with Crippen LogP contribution in [0, 0.1) is 0 Å². The van der Waals surface area contributed by atoms with Crippen LogP contribution in [-0.4, -0.2) is 14.8 Å². The maximum atomic E-state index is 6.11. The Morgan fingerprint density at radius 2 is 1.68 bits per heavy atom. The van der Waals surface area contributed by atoms with Gasteiger partial charge in [-0.3, -0.25) is 0 Å². The zero-order valence-electron chi connectivity index (χ0n) is 15.1. The van der Waals surface area contributed by atoms with E-state index in [1.54, 1.807) is 6.33 Å². The van der Waals surface area contributed by atoms with Gasteiger partial charge in [-0.15, -0.1) is 0 Å². The fourth-order valence-electron chi connectivity index (χ4n) is 4.04. The number of halogens is 2. The van der Waals surface area contributed by atoms with Gasteiger partial charge in [-0.1, -0.05) is 47.5 Å². The third-order valence-corrected chi connectivity index (χ3v) is 5.82. The van der Waals surface area contributed by atoms with Crippen molar-refractivity contribution in [3.05, 3.63) is 92.9 Å². The summed E-state index contributed by atoms with van der Waals surface area (Å²) < 4.78 is 1.97. The molecule has 0 fully saturated rings. The van der Waals surface area contributed by atoms with Gasteiger partial charge in [0.1, 0.15) is 12.4 Å². The molecular formula is C22H18Cl2N4. The molecule has 1 atom stereocenters. The van der Waals surface area contributed by atoms with Gasteiger partial charge in [-0.05, 0) is 71.9 Å². The van der Waals surface area contributed by atoms with Crippen molar-refractivity contribution in [2.24, 2.45) is 0 Å². The molecule has 1 aliphatic carbocycles. The minimum absolute atomic E-state index is 0.0277. The molecule has 4 nitrogen and oxygen atoms in total. The van der Waals surface area contributed by atoms with Crippen LogP contribution in [0.2, 0.25) is 10.0 Å². The predicted molar refractivity (Wildman–Crippen MR) is 114 cm³/mol. The SMILES string of the molecule is Clc1ccc(/C=C2\CCCC3=C2Nc2ncnn2[C@H]3c2ccc(Cl)cc2)cc1. The monoisotopic (exact) mass is 408 g/mol. The second-order valence-electron chi connectivity index (χ2n) is 7.08. The molecular weight excluding hydrogens is 391 g/mol. The number of rotatable bonds is 2. The molecule has 0 radical (unpaired) electrons. The number of fused-ring (bicyclic) bond motifs is 1. The third-order valence-electron chi connectivity index (χ3n) is 5.32. The molecule has 5 rings (SSSR count). The molecule has 0 saturated carbocycles. The van der Waals surface area contributed by atoms with E-state index in [9.17, 15) is 0 Å². The predicted octanol–water partition coefficient (Wildman–Crippen LogP) is 6.12. The van der Waals surface area contributed by atoms with Crippen molar-refractivity contribution in [2.75, 3.05) is 5.32 Å². The Balaban J connectivity index is 1.63. The van der Waals surface area contributed by atoms with Crippen LogP contribution in [-0.2, 0) is 0 Å². The summed E-state index contributed by atoms with van der Waals surface area (Å²) in [5.74, 6) is 0.766. The number of nitrogens with zero attached hydrogens (tertiary/aromatic N) is 3. The molecule has 0 spiro atoms. The summed E-state index contributed by atoms with van der Waals surface area (Å²) in [4.78, 5) is 4.43. The number of hydrogen-bond donors (Lipinski definition) is 1. The molecule has 2 aliphatic rings. The quantitative estimate of drug-likeness (QED) is 0.554. The molecule has 3 aromatic rings. The van der Waals surface area contributed by atoms with E-state index in [0.717, 1.165) is 46.4 Å². The summed E-state index contributed by atoms with van der Waals surface area (Å²) in [6, 6.07) is 16.0. The van der Waals surface area contributed by atoms with Gasteiger partial charge in [-0.2, -0.15) is 10.1 Å². The summed E-state index contributed by atoms with van der Waals surface area (Å²) in [6.45, 7) is 0. The van der Waals surface area contributed by atoms with Crippen molar-refractivity contribution >= 4 is 35.2 Å². The molecule has 1 N–H and O–H groups in total. The number of anilines is 1. The summed E-state index contributed by atoms with van der Waals surface area (Å²) in [5.41, 5.74) is 6.10. The lowest BCUT2D eigenvalue weighted by molar-refractivity contribution is 0.538. The maximum Gasteiger partial charge on any atom is 0.226 e. The fourth-order valence-corrected chi connectivity index (χ4v) is 4.29. The van der Waals surface area contributed by atoms with Crippen LogP contribution in [0.5, 0.6) is 0 Å². The third kappa shape index (κ3) is 3.13. The molecule has 0 unspecified atom stereocenters. The van der Waals surface area contributed by atoms with Gasteiger partial charge in [0.25, 0.3) is 0 Å². The summed E-state index contributed by atoms with van der Waals surface area (Å²) in [5, 5.41) is 9.49. The van der Waals surface area contributed by atoms with Crippen LogP contribution >= 0.6 is 23.2 Å². The second kappa shape index (κ2) is 7.12. The van der Waals surface area contributed by atoms with Crippen LogP contribution in [0.15, 0.2) is 71.7 Å². The number of hydrogen-bond acceptors (Lipinski definition) is 3. The van der Waals surface area contributed by atoms with E-state index < -0.39 is 0 Å². The lowest BCUT2D eigenvalue weighted by Gasteiger charge is -2.34. The van der Waals surface area contributed by atoms with Gasteiger partial charge in [0.15, 0.2) is 0 Å². The van der Waals surface area contributed by atoms with E-state index in [0.29, 0.717) is 0 Å². The lowest BCUT2D eigenvalue weighted by atomic mass is 9.83. The molecule has 1 aromatic heterocycles. The van der Waals surface area contributed by atoms with Crippen LogP contribution in [0.25, 0.3) is 6.08 Å². The maximum absolute atomic E-state index is 6.11. The van der Waals surface area contributed by atoms with Gasteiger partial charge in [-0.25, -0.2) is 4.68 Å². The van der Waals surface area contributed by atoms with Crippen molar-refractivity contribution in [2.45, 2.75) is 25.3 Å². The van der Waals surface area contributed by atoms with Crippen molar-refractivity contribution in [3.8, 4) is 0 Å². The van der Waals surface area contributed by atoms with Crippen LogP contribution in [0.1, 0.15) is 36.4 Å². The highest BCUT2D eigenvalue weighted by Gasteiger charge is 2.33. The van der Waals surface area contributed by atoms with Crippen LogP contribution < -0.4 is 5.32 Å². The van der Waals surface area contributed by atoms with E-state index in [2.05, 4.69) is 33.6 Å². The topological polar surface area (TPSA) is 42.7 Å². The lowest BCUT2D eigenvalue weighted by Crippen LogP contribution is -2.28. The van der Waals surface area contributed by atoms with Crippen molar-refractivity contribution in [3.63, 3.8) is 0 Å². The first-order chi connectivity index (χ1) is 13.7. The van der Waals surface area contributed by atoms with Gasteiger partial charge < -0.3 is 5.32 Å². The molecule has 2 aromatic carbocycles. The van der Waals surface area contributed by atoms with E-state index in [1.807, 2.05) is 41.1 Å². The Morgan fingerprint density at radius 3 is 2.43 bits per heavy atom. The van der Waals surface area contributed by atoms with Gasteiger partial charge in [0.2, 0.25) is 5.95 Å². The largest absolute Gasteiger partial charge is 0.324 e. The first-order valence-electron chi connectivity index (χ1n) is 9.30. The average Bonchev–Trinajstić information content (AvgIpc) is 3.17. The highest BCUT2D eigenvalue weighted by Crippen LogP contribution is 2.43. The van der Waals surface area contributed by atoms with E-state index in [4.69, 9.17) is 23.2 Å². The van der Waals surface area contributed by atoms with Crippen molar-refractivity contribution in [1.29, 1.82) is 0 Å². The molecule has 1 aliphatic heterocycles. The zero-order chi connectivity index (χ0) is 19.1. The Morgan fingerprint density at radius 1 is 0.964 bits per heavy atom. The number of allylic oxidation sites excluding steroid dienone is 2. The van der Waals surface area contributed by atoms with E-state index in [-0.39, 0.29) is 6.04 Å². The van der Waals surface area contributed by atoms with Crippen LogP contribution in [0.3, 0.4) is 0 Å². The highest BCUT2D eigenvalue weighted by atomic mass is 35.5. The molecule has 0 amide bonds. The normalized spacial score (nSPS) is 19.9. The molecule has 0 saturated heterocycles. The molecule has 2 heterocycles. The Hall–Kier alpha value is -2.56. The smallest absolute Gasteiger partial charge is 0.226 e. The fraction of sp³-hybridized carbons (Fsp3) is 0.182. The Kier molecular flexibility index (Phi) is 4.46. The second-order valence-corrected chi connectivity index (χ2v) is 7.96. The van der Waals surface area contributed by atoms with E-state index >= 15 is 0 Å². The Labute approximate surface area is 173 Å². The average molecular weight is 409 g/mol. The highest BCUT2D eigenvalue weighted by molar-refractivity contribution is 6.30. The summed E-state index contributed by atoms with van der Waals surface area (Å²) >= 11 is 12.2. The number of aromatic nitrogens is 3. The van der Waals surface area contributed by atoms with Gasteiger partial charge >= 0.3 is 0 Å². The summed E-state index contributed by atoms with van der Waals surface area (Å²) in [7, 11) is 0. The number of nitrogens with one attached hydrogen (secondary N) is 1. The van der Waals surface area contributed by atoms with Crippen molar-refractivity contribution in [1.82, 2.24) is 14.8 Å². The first-order valence-corrected chi connectivity index (χ1v) is 10.1. The van der Waals surface area contributed by atoms with Gasteiger partial charge in [0.05, 0.1) is 0 Å². The molecule has 0 bridgehead atoms. The van der Waals surface area contributed by atoms with Gasteiger partial charge in [0, 0.05) is 15.7 Å². The molecule has 6 heteroatoms. The Bertz CT molecular complexity index is 1080.